The molecule has 7 aromatic carbocycles. The largest absolute Gasteiger partial charge is 0.308 e. The third kappa shape index (κ3) is 3.54. The molecule has 9 aromatic rings. The average molecular weight is 571 g/mol. The highest BCUT2D eigenvalue weighted by Gasteiger charge is 2.22. The highest BCUT2D eigenvalue weighted by molar-refractivity contribution is 6.19. The van der Waals surface area contributed by atoms with E-state index in [1.165, 1.54) is 87.9 Å². The minimum Gasteiger partial charge on any atom is -0.308 e. The summed E-state index contributed by atoms with van der Waals surface area (Å²) in [5.74, 6) is 0. The van der Waals surface area contributed by atoms with Crippen molar-refractivity contribution in [1.29, 1.82) is 0 Å². The third-order valence-corrected chi connectivity index (χ3v) is 9.61. The van der Waals surface area contributed by atoms with Crippen molar-refractivity contribution in [3.05, 3.63) is 158 Å². The van der Waals surface area contributed by atoms with Gasteiger partial charge in [0.15, 0.2) is 0 Å². The minimum absolute atomic E-state index is 1.07. The predicted octanol–water partition coefficient (Wildman–Crippen LogP) is 11.5. The van der Waals surface area contributed by atoms with Gasteiger partial charge in [-0.05, 0) is 102 Å². The Kier molecular flexibility index (Phi) is 5.03. The molecule has 0 atom stereocenters. The van der Waals surface area contributed by atoms with E-state index in [4.69, 9.17) is 0 Å². The normalized spacial score (nSPS) is 12.0. The van der Waals surface area contributed by atoms with Crippen LogP contribution < -0.4 is 0 Å². The van der Waals surface area contributed by atoms with Crippen molar-refractivity contribution >= 4 is 43.4 Å². The Hall–Kier alpha value is -5.99. The maximum atomic E-state index is 4.40. The van der Waals surface area contributed by atoms with Gasteiger partial charge < -0.3 is 4.57 Å². The first-order valence-corrected chi connectivity index (χ1v) is 15.5. The molecule has 0 N–H and O–H groups in total. The Morgan fingerprint density at radius 1 is 0.400 bits per heavy atom. The molecule has 2 heterocycles. The van der Waals surface area contributed by atoms with Gasteiger partial charge in [0, 0.05) is 17.0 Å². The second-order valence-corrected chi connectivity index (χ2v) is 12.0. The minimum atomic E-state index is 1.07. The van der Waals surface area contributed by atoms with E-state index in [-0.39, 0.29) is 0 Å². The van der Waals surface area contributed by atoms with Crippen LogP contribution in [-0.4, -0.2) is 9.55 Å². The standard InChI is InChI=1S/C43H26N2/c1-2-9-35-34(8-1)38-12-5-11-37-33(20-21-39(35)43(37)38)28-16-14-27(15-17-28)29-18-19-30-25-42-40(24-31(30)23-29)36-10-3-4-13-41(36)45(42)32-7-6-22-44-26-32/h1-26H. The van der Waals surface area contributed by atoms with E-state index >= 15 is 0 Å². The number of rotatable bonds is 3. The Balaban J connectivity index is 1.07. The van der Waals surface area contributed by atoms with Crippen molar-refractivity contribution in [3.8, 4) is 50.2 Å². The van der Waals surface area contributed by atoms with E-state index in [9.17, 15) is 0 Å². The number of fused-ring (bicyclic) bond motifs is 7. The summed E-state index contributed by atoms with van der Waals surface area (Å²) in [5.41, 5.74) is 13.8. The maximum Gasteiger partial charge on any atom is 0.0645 e. The van der Waals surface area contributed by atoms with Crippen molar-refractivity contribution in [2.24, 2.45) is 0 Å². The summed E-state index contributed by atoms with van der Waals surface area (Å²) in [5, 5.41) is 7.65. The smallest absolute Gasteiger partial charge is 0.0645 e. The van der Waals surface area contributed by atoms with Gasteiger partial charge in [0.2, 0.25) is 0 Å². The summed E-state index contributed by atoms with van der Waals surface area (Å²) < 4.78 is 2.32. The zero-order valence-corrected chi connectivity index (χ0v) is 24.4. The SMILES string of the molecule is c1cncc(-n2c3ccccc3c3cc4cc(-c5ccc(-c6ccc7c8c(cccc68)-c6ccccc6-7)cc5)ccc4cc32)c1. The lowest BCUT2D eigenvalue weighted by atomic mass is 9.93. The second-order valence-electron chi connectivity index (χ2n) is 12.0. The van der Waals surface area contributed by atoms with E-state index in [1.807, 2.05) is 18.5 Å². The second kappa shape index (κ2) is 9.25. The molecule has 0 bridgehead atoms. The lowest BCUT2D eigenvalue weighted by Gasteiger charge is -2.11. The lowest BCUT2D eigenvalue weighted by Crippen LogP contribution is -1.94. The number of pyridine rings is 1. The summed E-state index contributed by atoms with van der Waals surface area (Å²) in [6.45, 7) is 0. The summed E-state index contributed by atoms with van der Waals surface area (Å²) >= 11 is 0. The molecule has 2 aromatic heterocycles. The summed E-state index contributed by atoms with van der Waals surface area (Å²) in [7, 11) is 0. The first-order chi connectivity index (χ1) is 22.3. The van der Waals surface area contributed by atoms with Crippen LogP contribution in [0.4, 0.5) is 0 Å². The fourth-order valence-corrected chi connectivity index (χ4v) is 7.56. The Labute approximate surface area is 260 Å². The number of nitrogens with zero attached hydrogens (tertiary/aromatic N) is 2. The van der Waals surface area contributed by atoms with Gasteiger partial charge >= 0.3 is 0 Å². The molecule has 0 radical (unpaired) electrons. The van der Waals surface area contributed by atoms with Gasteiger partial charge in [-0.2, -0.15) is 0 Å². The Morgan fingerprint density at radius 2 is 1.11 bits per heavy atom. The quantitative estimate of drug-likeness (QED) is 0.207. The van der Waals surface area contributed by atoms with Gasteiger partial charge in [-0.1, -0.05) is 109 Å². The third-order valence-electron chi connectivity index (χ3n) is 9.61. The first-order valence-electron chi connectivity index (χ1n) is 15.5. The van der Waals surface area contributed by atoms with Crippen LogP contribution in [0.3, 0.4) is 0 Å². The molecule has 0 spiro atoms. The monoisotopic (exact) mass is 570 g/mol. The molecule has 0 aliphatic heterocycles. The summed E-state index contributed by atoms with van der Waals surface area (Å²) in [4.78, 5) is 4.40. The van der Waals surface area contributed by atoms with Crippen molar-refractivity contribution in [2.75, 3.05) is 0 Å². The zero-order valence-electron chi connectivity index (χ0n) is 24.4. The zero-order chi connectivity index (χ0) is 29.5. The first kappa shape index (κ1) is 24.5. The highest BCUT2D eigenvalue weighted by Crippen LogP contribution is 2.49. The van der Waals surface area contributed by atoms with Crippen molar-refractivity contribution < 1.29 is 0 Å². The van der Waals surface area contributed by atoms with Crippen LogP contribution in [0.2, 0.25) is 0 Å². The van der Waals surface area contributed by atoms with Crippen molar-refractivity contribution in [2.45, 2.75) is 0 Å². The van der Waals surface area contributed by atoms with E-state index in [1.54, 1.807) is 0 Å². The lowest BCUT2D eigenvalue weighted by molar-refractivity contribution is 1.14. The number of benzene rings is 7. The van der Waals surface area contributed by atoms with Gasteiger partial charge in [-0.15, -0.1) is 0 Å². The molecule has 0 fully saturated rings. The van der Waals surface area contributed by atoms with E-state index in [0.717, 1.165) is 5.69 Å². The van der Waals surface area contributed by atoms with Crippen LogP contribution in [0.1, 0.15) is 0 Å². The van der Waals surface area contributed by atoms with Crippen molar-refractivity contribution in [3.63, 3.8) is 0 Å². The number of hydrogen-bond donors (Lipinski definition) is 0. The van der Waals surface area contributed by atoms with Crippen LogP contribution >= 0.6 is 0 Å². The molecule has 10 rings (SSSR count). The van der Waals surface area contributed by atoms with Crippen LogP contribution in [0.15, 0.2) is 158 Å². The van der Waals surface area contributed by atoms with Gasteiger partial charge in [-0.25, -0.2) is 0 Å². The predicted molar refractivity (Wildman–Crippen MR) is 189 cm³/mol. The Bertz CT molecular complexity index is 2600. The summed E-state index contributed by atoms with van der Waals surface area (Å²) in [6.07, 6.45) is 3.76. The summed E-state index contributed by atoms with van der Waals surface area (Å²) in [6, 6.07) is 53.4. The van der Waals surface area contributed by atoms with Crippen LogP contribution in [0, 0.1) is 0 Å². The molecule has 0 saturated heterocycles. The Morgan fingerprint density at radius 3 is 1.96 bits per heavy atom. The van der Waals surface area contributed by atoms with E-state index in [2.05, 4.69) is 149 Å². The number of hydrogen-bond acceptors (Lipinski definition) is 1. The number of aromatic nitrogens is 2. The molecule has 2 nitrogen and oxygen atoms in total. The van der Waals surface area contributed by atoms with Gasteiger partial charge in [-0.3, -0.25) is 4.98 Å². The topological polar surface area (TPSA) is 17.8 Å². The molecule has 45 heavy (non-hydrogen) atoms. The van der Waals surface area contributed by atoms with Crippen LogP contribution in [0.5, 0.6) is 0 Å². The van der Waals surface area contributed by atoms with Crippen LogP contribution in [0.25, 0.3) is 93.5 Å². The molecule has 1 aliphatic rings. The molecule has 0 unspecified atom stereocenters. The fraction of sp³-hybridized carbons (Fsp3) is 0. The fourth-order valence-electron chi connectivity index (χ4n) is 7.56. The van der Waals surface area contributed by atoms with Gasteiger partial charge in [0.25, 0.3) is 0 Å². The van der Waals surface area contributed by atoms with Crippen molar-refractivity contribution in [1.82, 2.24) is 9.55 Å². The van der Waals surface area contributed by atoms with Crippen LogP contribution in [-0.2, 0) is 0 Å². The average Bonchev–Trinajstić information content (AvgIpc) is 3.61. The highest BCUT2D eigenvalue weighted by atomic mass is 15.0. The van der Waals surface area contributed by atoms with Gasteiger partial charge in [0.1, 0.15) is 0 Å². The van der Waals surface area contributed by atoms with E-state index < -0.39 is 0 Å². The van der Waals surface area contributed by atoms with Gasteiger partial charge in [0.05, 0.1) is 22.9 Å². The molecular weight excluding hydrogens is 544 g/mol. The molecule has 1 aliphatic carbocycles. The molecule has 2 heteroatoms. The maximum absolute atomic E-state index is 4.40. The molecular formula is C43H26N2. The molecule has 0 amide bonds. The number of para-hydroxylation sites is 1. The molecule has 0 saturated carbocycles. The molecule has 208 valence electrons. The van der Waals surface area contributed by atoms with E-state index in [0.29, 0.717) is 0 Å².